The highest BCUT2D eigenvalue weighted by molar-refractivity contribution is 5.09. The maximum Gasteiger partial charge on any atom is 0.133 e. The molecular weight excluding hydrogens is 104 g/mol. The van der Waals surface area contributed by atoms with Gasteiger partial charge >= 0.3 is 0 Å². The van der Waals surface area contributed by atoms with E-state index in [1.807, 2.05) is 19.1 Å². The predicted molar refractivity (Wildman–Crippen MR) is 30.6 cm³/mol. The average molecular weight is 114 g/mol. The molecule has 46 valence electrons. The molecule has 0 aliphatic carbocycles. The zero-order valence-corrected chi connectivity index (χ0v) is 4.92. The van der Waals surface area contributed by atoms with Gasteiger partial charge in [-0.25, -0.2) is 0 Å². The molecule has 1 heterocycles. The van der Waals surface area contributed by atoms with Gasteiger partial charge in [-0.3, -0.25) is 0 Å². The summed E-state index contributed by atoms with van der Waals surface area (Å²) in [6.07, 6.45) is 3.77. The van der Waals surface area contributed by atoms with Crippen LogP contribution < -0.4 is 0 Å². The summed E-state index contributed by atoms with van der Waals surface area (Å²) in [5.41, 5.74) is -0.283. The number of hydrogen-bond donors (Lipinski definition) is 1. The van der Waals surface area contributed by atoms with Crippen LogP contribution in [-0.4, -0.2) is 23.9 Å². The number of epoxide rings is 1. The van der Waals surface area contributed by atoms with Crippen molar-refractivity contribution in [1.29, 1.82) is 0 Å². The Balaban J connectivity index is 2.41. The van der Waals surface area contributed by atoms with Gasteiger partial charge in [-0.05, 0) is 6.92 Å². The second-order valence-corrected chi connectivity index (χ2v) is 2.01. The van der Waals surface area contributed by atoms with Crippen LogP contribution in [0.5, 0.6) is 0 Å². The van der Waals surface area contributed by atoms with Gasteiger partial charge < -0.3 is 9.84 Å². The first-order valence-electron chi connectivity index (χ1n) is 2.72. The Morgan fingerprint density at radius 3 is 2.62 bits per heavy atom. The van der Waals surface area contributed by atoms with E-state index in [4.69, 9.17) is 9.84 Å². The minimum atomic E-state index is -0.283. The van der Waals surface area contributed by atoms with Crippen LogP contribution in [0.4, 0.5) is 0 Å². The maximum absolute atomic E-state index is 8.61. The van der Waals surface area contributed by atoms with Crippen molar-refractivity contribution in [1.82, 2.24) is 0 Å². The zero-order valence-electron chi connectivity index (χ0n) is 4.92. The Labute approximate surface area is 48.8 Å². The second-order valence-electron chi connectivity index (χ2n) is 2.01. The van der Waals surface area contributed by atoms with Crippen LogP contribution in [0.15, 0.2) is 12.2 Å². The molecular formula is C6H10O2. The van der Waals surface area contributed by atoms with Crippen LogP contribution in [0.1, 0.15) is 6.92 Å². The minimum Gasteiger partial charge on any atom is -0.393 e. The van der Waals surface area contributed by atoms with Gasteiger partial charge in [0.05, 0.1) is 13.2 Å². The summed E-state index contributed by atoms with van der Waals surface area (Å²) < 4.78 is 4.95. The lowest BCUT2D eigenvalue weighted by Crippen LogP contribution is -2.11. The van der Waals surface area contributed by atoms with Crippen LogP contribution in [-0.2, 0) is 4.74 Å². The summed E-state index contributed by atoms with van der Waals surface area (Å²) >= 11 is 0. The smallest absolute Gasteiger partial charge is 0.133 e. The average Bonchev–Trinajstić information content (AvgIpc) is 2.50. The summed E-state index contributed by atoms with van der Waals surface area (Å²) in [4.78, 5) is 0. The summed E-state index contributed by atoms with van der Waals surface area (Å²) in [7, 11) is 0. The lowest BCUT2D eigenvalue weighted by Gasteiger charge is -1.96. The van der Waals surface area contributed by atoms with Gasteiger partial charge in [-0.15, -0.1) is 0 Å². The van der Waals surface area contributed by atoms with Crippen LogP contribution >= 0.6 is 0 Å². The fourth-order valence-electron chi connectivity index (χ4n) is 0.637. The van der Waals surface area contributed by atoms with Crippen LogP contribution in [0.3, 0.4) is 0 Å². The Bertz CT molecular complexity index is 103. The number of ether oxygens (including phenoxy) is 1. The molecule has 0 saturated carbocycles. The van der Waals surface area contributed by atoms with Gasteiger partial charge in [0.25, 0.3) is 0 Å². The topological polar surface area (TPSA) is 32.8 Å². The maximum atomic E-state index is 8.61. The third-order valence-electron chi connectivity index (χ3n) is 1.25. The first kappa shape index (κ1) is 5.79. The highest BCUT2D eigenvalue weighted by Gasteiger charge is 2.40. The van der Waals surface area contributed by atoms with E-state index in [9.17, 15) is 0 Å². The van der Waals surface area contributed by atoms with Gasteiger partial charge in [-0.1, -0.05) is 12.2 Å². The van der Waals surface area contributed by atoms with E-state index < -0.39 is 0 Å². The van der Waals surface area contributed by atoms with Crippen LogP contribution in [0.25, 0.3) is 0 Å². The fraction of sp³-hybridized carbons (Fsp3) is 0.667. The molecule has 1 atom stereocenters. The molecule has 8 heavy (non-hydrogen) atoms. The summed E-state index contributed by atoms with van der Waals surface area (Å²) in [6.45, 7) is 2.70. The van der Waals surface area contributed by atoms with E-state index in [0.29, 0.717) is 6.61 Å². The van der Waals surface area contributed by atoms with Crippen molar-refractivity contribution >= 4 is 0 Å². The number of rotatable bonds is 2. The van der Waals surface area contributed by atoms with E-state index in [2.05, 4.69) is 0 Å². The Morgan fingerprint density at radius 1 is 1.88 bits per heavy atom. The first-order chi connectivity index (χ1) is 3.83. The zero-order chi connectivity index (χ0) is 6.04. The highest BCUT2D eigenvalue weighted by atomic mass is 16.6. The standard InChI is InChI=1S/C6H10O2/c1-2-3-6(4-7)5-8-6/h2-3,7H,4-5H2,1H3/b3-2+/t6-/m0/s1. The normalized spacial score (nSPS) is 36.2. The van der Waals surface area contributed by atoms with Crippen molar-refractivity contribution in [3.8, 4) is 0 Å². The highest BCUT2D eigenvalue weighted by Crippen LogP contribution is 2.27. The summed E-state index contributed by atoms with van der Waals surface area (Å²) in [5.74, 6) is 0. The number of aliphatic hydroxyl groups excluding tert-OH is 1. The Hall–Kier alpha value is -0.340. The van der Waals surface area contributed by atoms with Gasteiger partial charge in [0, 0.05) is 0 Å². The molecule has 1 rings (SSSR count). The number of aliphatic hydroxyl groups is 1. The molecule has 0 aromatic heterocycles. The van der Waals surface area contributed by atoms with Crippen LogP contribution in [0, 0.1) is 0 Å². The molecule has 0 spiro atoms. The van der Waals surface area contributed by atoms with E-state index in [1.54, 1.807) is 0 Å². The molecule has 2 nitrogen and oxygen atoms in total. The van der Waals surface area contributed by atoms with Crippen LogP contribution in [0.2, 0.25) is 0 Å². The number of hydrogen-bond acceptors (Lipinski definition) is 2. The van der Waals surface area contributed by atoms with Crippen molar-refractivity contribution in [2.75, 3.05) is 13.2 Å². The van der Waals surface area contributed by atoms with Gasteiger partial charge in [0.2, 0.25) is 0 Å². The molecule has 0 radical (unpaired) electrons. The third-order valence-corrected chi connectivity index (χ3v) is 1.25. The molecule has 1 saturated heterocycles. The molecule has 0 aromatic rings. The van der Waals surface area contributed by atoms with E-state index in [0.717, 1.165) is 0 Å². The van der Waals surface area contributed by atoms with Crippen molar-refractivity contribution in [2.24, 2.45) is 0 Å². The quantitative estimate of drug-likeness (QED) is 0.414. The SMILES string of the molecule is C/C=C/[C@]1(CO)CO1. The molecule has 1 N–H and O–H groups in total. The summed E-state index contributed by atoms with van der Waals surface area (Å²) in [6, 6.07) is 0. The predicted octanol–water partition coefficient (Wildman–Crippen LogP) is 0.324. The third kappa shape index (κ3) is 0.904. The Kier molecular flexibility index (Phi) is 1.36. The molecule has 0 amide bonds. The van der Waals surface area contributed by atoms with Gasteiger partial charge in [0.1, 0.15) is 5.60 Å². The largest absolute Gasteiger partial charge is 0.393 e. The van der Waals surface area contributed by atoms with E-state index in [1.165, 1.54) is 0 Å². The molecule has 1 fully saturated rings. The molecule has 1 aliphatic rings. The fourth-order valence-corrected chi connectivity index (χ4v) is 0.637. The molecule has 2 heteroatoms. The van der Waals surface area contributed by atoms with Crippen molar-refractivity contribution in [3.63, 3.8) is 0 Å². The number of allylic oxidation sites excluding steroid dienone is 1. The van der Waals surface area contributed by atoms with Crippen molar-refractivity contribution in [3.05, 3.63) is 12.2 Å². The van der Waals surface area contributed by atoms with Gasteiger partial charge in [-0.2, -0.15) is 0 Å². The lowest BCUT2D eigenvalue weighted by atomic mass is 10.2. The van der Waals surface area contributed by atoms with E-state index >= 15 is 0 Å². The Morgan fingerprint density at radius 2 is 2.50 bits per heavy atom. The molecule has 0 bridgehead atoms. The second kappa shape index (κ2) is 1.88. The molecule has 0 aromatic carbocycles. The molecule has 0 unspecified atom stereocenters. The monoisotopic (exact) mass is 114 g/mol. The van der Waals surface area contributed by atoms with Crippen molar-refractivity contribution < 1.29 is 9.84 Å². The summed E-state index contributed by atoms with van der Waals surface area (Å²) in [5, 5.41) is 8.61. The lowest BCUT2D eigenvalue weighted by molar-refractivity contribution is 0.203. The minimum absolute atomic E-state index is 0.108. The van der Waals surface area contributed by atoms with E-state index in [-0.39, 0.29) is 12.2 Å². The molecule has 1 aliphatic heterocycles. The van der Waals surface area contributed by atoms with Gasteiger partial charge in [0.15, 0.2) is 0 Å². The van der Waals surface area contributed by atoms with Crippen molar-refractivity contribution in [2.45, 2.75) is 12.5 Å². The first-order valence-corrected chi connectivity index (χ1v) is 2.72.